The molecule has 0 saturated heterocycles. The van der Waals surface area contributed by atoms with Crippen LogP contribution in [-0.4, -0.2) is 16.0 Å². The molecule has 1 aromatic heterocycles. The fourth-order valence-corrected chi connectivity index (χ4v) is 2.17. The fourth-order valence-electron chi connectivity index (χ4n) is 1.93. The number of hydrogen-bond donors (Lipinski definition) is 4. The van der Waals surface area contributed by atoms with Crippen molar-refractivity contribution in [2.24, 2.45) is 0 Å². The van der Waals surface area contributed by atoms with E-state index in [2.05, 4.69) is 20.6 Å². The predicted molar refractivity (Wildman–Crippen MR) is 84.6 cm³/mol. The molecule has 0 atom stereocenters. The molecular formula is C14H12ClN5O. The number of carbonyl (C=O) groups is 1. The molecule has 21 heavy (non-hydrogen) atoms. The number of carbonyl (C=O) groups excluding carboxylic acids is 1. The maximum atomic E-state index is 12.0. The summed E-state index contributed by atoms with van der Waals surface area (Å²) >= 11 is 6.00. The van der Waals surface area contributed by atoms with Gasteiger partial charge in [0.05, 0.1) is 28.1 Å². The topological polar surface area (TPSA) is 95.8 Å². The normalized spacial score (nSPS) is 10.5. The number of rotatable bonds is 2. The van der Waals surface area contributed by atoms with Crippen LogP contribution >= 0.6 is 11.6 Å². The van der Waals surface area contributed by atoms with Crippen LogP contribution in [0.25, 0.3) is 11.0 Å². The van der Waals surface area contributed by atoms with Crippen LogP contribution in [0.3, 0.4) is 0 Å². The second kappa shape index (κ2) is 5.34. The van der Waals surface area contributed by atoms with Gasteiger partial charge in [0, 0.05) is 11.4 Å². The Balaban J connectivity index is 1.73. The number of halogens is 1. The van der Waals surface area contributed by atoms with Gasteiger partial charge in [-0.2, -0.15) is 0 Å². The zero-order chi connectivity index (χ0) is 14.8. The van der Waals surface area contributed by atoms with Gasteiger partial charge in [-0.15, -0.1) is 0 Å². The highest BCUT2D eigenvalue weighted by Gasteiger charge is 2.07. The van der Waals surface area contributed by atoms with Gasteiger partial charge in [-0.1, -0.05) is 11.6 Å². The van der Waals surface area contributed by atoms with Gasteiger partial charge in [0.1, 0.15) is 0 Å². The molecule has 2 aromatic carbocycles. The van der Waals surface area contributed by atoms with Gasteiger partial charge in [-0.05, 0) is 36.4 Å². The van der Waals surface area contributed by atoms with Crippen LogP contribution in [0, 0.1) is 0 Å². The van der Waals surface area contributed by atoms with E-state index in [0.717, 1.165) is 11.0 Å². The van der Waals surface area contributed by atoms with Crippen molar-refractivity contribution < 1.29 is 4.79 Å². The summed E-state index contributed by atoms with van der Waals surface area (Å²) in [4.78, 5) is 19.0. The van der Waals surface area contributed by atoms with Gasteiger partial charge in [-0.3, -0.25) is 0 Å². The zero-order valence-corrected chi connectivity index (χ0v) is 11.6. The lowest BCUT2D eigenvalue weighted by molar-refractivity contribution is 0.262. The summed E-state index contributed by atoms with van der Waals surface area (Å²) in [6, 6.07) is 9.89. The third kappa shape index (κ3) is 2.90. The van der Waals surface area contributed by atoms with Gasteiger partial charge in [0.25, 0.3) is 0 Å². The molecule has 3 rings (SSSR count). The zero-order valence-electron chi connectivity index (χ0n) is 10.9. The number of imidazole rings is 1. The van der Waals surface area contributed by atoms with Crippen LogP contribution < -0.4 is 16.4 Å². The van der Waals surface area contributed by atoms with Gasteiger partial charge in [-0.25, -0.2) is 9.78 Å². The van der Waals surface area contributed by atoms with E-state index >= 15 is 0 Å². The average molecular weight is 302 g/mol. The molecule has 0 fully saturated rings. The van der Waals surface area contributed by atoms with E-state index < -0.39 is 0 Å². The first kappa shape index (κ1) is 13.3. The molecule has 5 N–H and O–H groups in total. The molecule has 0 bridgehead atoms. The van der Waals surface area contributed by atoms with Gasteiger partial charge in [0.2, 0.25) is 0 Å². The molecule has 0 spiro atoms. The number of urea groups is 1. The largest absolute Gasteiger partial charge is 0.399 e. The number of nitrogen functional groups attached to an aromatic ring is 1. The third-order valence-electron chi connectivity index (χ3n) is 2.92. The Bertz CT molecular complexity index is 814. The Morgan fingerprint density at radius 3 is 2.86 bits per heavy atom. The smallest absolute Gasteiger partial charge is 0.323 e. The van der Waals surface area contributed by atoms with Gasteiger partial charge >= 0.3 is 6.03 Å². The molecule has 2 amide bonds. The maximum Gasteiger partial charge on any atom is 0.323 e. The van der Waals surface area contributed by atoms with Crippen molar-refractivity contribution in [3.05, 3.63) is 47.7 Å². The highest BCUT2D eigenvalue weighted by Crippen LogP contribution is 2.24. The number of nitrogens with two attached hydrogens (primary N) is 1. The Kier molecular flexibility index (Phi) is 3.37. The molecule has 3 aromatic rings. The summed E-state index contributed by atoms with van der Waals surface area (Å²) < 4.78 is 0. The van der Waals surface area contributed by atoms with Crippen LogP contribution in [0.4, 0.5) is 21.9 Å². The lowest BCUT2D eigenvalue weighted by Gasteiger charge is -2.09. The number of nitrogens with zero attached hydrogens (tertiary/aromatic N) is 1. The van der Waals surface area contributed by atoms with Crippen molar-refractivity contribution >= 4 is 45.7 Å². The quantitative estimate of drug-likeness (QED) is 0.546. The lowest BCUT2D eigenvalue weighted by Crippen LogP contribution is -2.19. The standard InChI is InChI=1S/C14H12ClN5O/c15-10-5-8(16)1-3-11(10)20-14(21)19-9-2-4-12-13(6-9)18-7-17-12/h1-7H,16H2,(H,17,18)(H2,19,20,21). The molecule has 1 heterocycles. The first-order chi connectivity index (χ1) is 10.1. The summed E-state index contributed by atoms with van der Waals surface area (Å²) in [6.07, 6.45) is 1.60. The number of H-pyrrole nitrogens is 1. The third-order valence-corrected chi connectivity index (χ3v) is 3.23. The van der Waals surface area contributed by atoms with Crippen LogP contribution in [0.15, 0.2) is 42.7 Å². The summed E-state index contributed by atoms with van der Waals surface area (Å²) in [6.45, 7) is 0. The minimum Gasteiger partial charge on any atom is -0.399 e. The van der Waals surface area contributed by atoms with Crippen LogP contribution in [0.2, 0.25) is 5.02 Å². The molecule has 0 aliphatic heterocycles. The number of nitrogens with one attached hydrogen (secondary N) is 3. The molecule has 0 saturated carbocycles. The molecule has 0 radical (unpaired) electrons. The Hall–Kier alpha value is -2.73. The number of hydrogen-bond acceptors (Lipinski definition) is 3. The predicted octanol–water partition coefficient (Wildman–Crippen LogP) is 3.44. The summed E-state index contributed by atoms with van der Waals surface area (Å²) in [5.74, 6) is 0. The Morgan fingerprint density at radius 2 is 2.05 bits per heavy atom. The second-order valence-electron chi connectivity index (χ2n) is 4.45. The van der Waals surface area contributed by atoms with Crippen molar-refractivity contribution in [2.45, 2.75) is 0 Å². The minimum absolute atomic E-state index is 0.383. The molecule has 6 nitrogen and oxygen atoms in total. The number of aromatic amines is 1. The van der Waals surface area contributed by atoms with E-state index in [0.29, 0.717) is 22.1 Å². The minimum atomic E-state index is -0.388. The van der Waals surface area contributed by atoms with Crippen molar-refractivity contribution in [3.8, 4) is 0 Å². The second-order valence-corrected chi connectivity index (χ2v) is 4.86. The first-order valence-electron chi connectivity index (χ1n) is 6.18. The summed E-state index contributed by atoms with van der Waals surface area (Å²) in [7, 11) is 0. The van der Waals surface area contributed by atoms with E-state index in [1.54, 1.807) is 36.7 Å². The van der Waals surface area contributed by atoms with Crippen molar-refractivity contribution in [2.75, 3.05) is 16.4 Å². The number of amides is 2. The molecule has 0 unspecified atom stereocenters. The molecule has 0 aliphatic carbocycles. The monoisotopic (exact) mass is 301 g/mol. The average Bonchev–Trinajstić information content (AvgIpc) is 2.89. The first-order valence-corrected chi connectivity index (χ1v) is 6.56. The SMILES string of the molecule is Nc1ccc(NC(=O)Nc2ccc3nc[nH]c3c2)c(Cl)c1. The van der Waals surface area contributed by atoms with Crippen molar-refractivity contribution in [3.63, 3.8) is 0 Å². The number of fused-ring (bicyclic) bond motifs is 1. The highest BCUT2D eigenvalue weighted by atomic mass is 35.5. The lowest BCUT2D eigenvalue weighted by atomic mass is 10.2. The van der Waals surface area contributed by atoms with E-state index in [4.69, 9.17) is 17.3 Å². The van der Waals surface area contributed by atoms with Crippen molar-refractivity contribution in [1.29, 1.82) is 0 Å². The van der Waals surface area contributed by atoms with Crippen LogP contribution in [0.5, 0.6) is 0 Å². The van der Waals surface area contributed by atoms with Crippen LogP contribution in [-0.2, 0) is 0 Å². The molecule has 106 valence electrons. The van der Waals surface area contributed by atoms with E-state index in [1.807, 2.05) is 6.07 Å². The molecule has 0 aliphatic rings. The van der Waals surface area contributed by atoms with E-state index in [1.165, 1.54) is 0 Å². The van der Waals surface area contributed by atoms with E-state index in [9.17, 15) is 4.79 Å². The Labute approximate surface area is 125 Å². The van der Waals surface area contributed by atoms with Crippen molar-refractivity contribution in [1.82, 2.24) is 9.97 Å². The summed E-state index contributed by atoms with van der Waals surface area (Å²) in [5, 5.41) is 5.77. The summed E-state index contributed by atoms with van der Waals surface area (Å²) in [5.41, 5.74) is 8.96. The highest BCUT2D eigenvalue weighted by molar-refractivity contribution is 6.34. The number of anilines is 3. The number of aromatic nitrogens is 2. The molecular weight excluding hydrogens is 290 g/mol. The van der Waals surface area contributed by atoms with Gasteiger partial charge < -0.3 is 21.4 Å². The van der Waals surface area contributed by atoms with E-state index in [-0.39, 0.29) is 6.03 Å². The van der Waals surface area contributed by atoms with Crippen LogP contribution in [0.1, 0.15) is 0 Å². The molecule has 7 heteroatoms. The number of benzene rings is 2. The van der Waals surface area contributed by atoms with Gasteiger partial charge in [0.15, 0.2) is 0 Å². The Morgan fingerprint density at radius 1 is 1.19 bits per heavy atom. The maximum absolute atomic E-state index is 12.0. The fraction of sp³-hybridized carbons (Fsp3) is 0.